The van der Waals surface area contributed by atoms with Gasteiger partial charge in [-0.05, 0) is 77.2 Å². The molecule has 3 aromatic carbocycles. The Morgan fingerprint density at radius 3 is 2.49 bits per heavy atom. The molecular formula is C26H20ClFINO4S. The number of thioether (sulfide) groups is 1. The summed E-state index contributed by atoms with van der Waals surface area (Å²) in [5.41, 5.74) is 1.81. The minimum atomic E-state index is -0.463. The molecule has 1 aliphatic rings. The summed E-state index contributed by atoms with van der Waals surface area (Å²) < 4.78 is 26.6. The minimum absolute atomic E-state index is 0.120. The molecule has 1 heterocycles. The second-order valence-corrected chi connectivity index (χ2v) is 10.1. The summed E-state index contributed by atoms with van der Waals surface area (Å²) in [5, 5.41) is 0.173. The number of nitrogens with zero attached hydrogens (tertiary/aromatic N) is 1. The maximum Gasteiger partial charge on any atom is 0.293 e. The number of carbonyl (C=O) groups is 2. The molecule has 9 heteroatoms. The summed E-state index contributed by atoms with van der Waals surface area (Å²) in [6.07, 6.45) is 1.63. The Bertz CT molecular complexity index is 1320. The van der Waals surface area contributed by atoms with Gasteiger partial charge in [0.1, 0.15) is 12.4 Å². The molecule has 0 N–H and O–H groups in total. The lowest BCUT2D eigenvalue weighted by molar-refractivity contribution is -0.123. The third-order valence-electron chi connectivity index (χ3n) is 5.12. The van der Waals surface area contributed by atoms with Crippen LogP contribution in [-0.4, -0.2) is 22.7 Å². The molecule has 0 saturated carbocycles. The molecule has 4 rings (SSSR count). The van der Waals surface area contributed by atoms with Crippen molar-refractivity contribution in [1.82, 2.24) is 4.90 Å². The number of rotatable bonds is 8. The fourth-order valence-corrected chi connectivity index (χ4v) is 5.23. The number of hydrogen-bond donors (Lipinski definition) is 0. The standard InChI is InChI=1S/C26H20ClFINO4S/c1-2-33-22-12-16(11-21(29)24(22)34-15-18-8-3-5-9-19(18)27)13-23-25(31)30(26(32)35-23)14-17-7-4-6-10-20(17)28/h3-13H,2,14-15H2,1H3/b23-13-. The molecule has 0 bridgehead atoms. The van der Waals surface area contributed by atoms with Gasteiger partial charge < -0.3 is 9.47 Å². The summed E-state index contributed by atoms with van der Waals surface area (Å²) in [5.74, 6) is 0.162. The number of halogens is 3. The van der Waals surface area contributed by atoms with Crippen LogP contribution >= 0.6 is 46.0 Å². The SMILES string of the molecule is CCOc1cc(/C=C2\SC(=O)N(Cc3ccccc3F)C2=O)cc(I)c1OCc1ccccc1Cl. The van der Waals surface area contributed by atoms with Crippen molar-refractivity contribution < 1.29 is 23.5 Å². The van der Waals surface area contributed by atoms with Crippen molar-refractivity contribution in [3.63, 3.8) is 0 Å². The molecule has 0 radical (unpaired) electrons. The van der Waals surface area contributed by atoms with Crippen LogP contribution in [0.2, 0.25) is 5.02 Å². The van der Waals surface area contributed by atoms with E-state index in [1.54, 1.807) is 36.4 Å². The van der Waals surface area contributed by atoms with Crippen LogP contribution in [0.1, 0.15) is 23.6 Å². The highest BCUT2D eigenvalue weighted by atomic mass is 127. The Morgan fingerprint density at radius 2 is 1.77 bits per heavy atom. The Kier molecular flexibility index (Phi) is 8.35. The molecule has 180 valence electrons. The van der Waals surface area contributed by atoms with E-state index in [-0.39, 0.29) is 23.6 Å². The molecule has 0 unspecified atom stereocenters. The third kappa shape index (κ3) is 5.99. The molecule has 1 saturated heterocycles. The number of ether oxygens (including phenoxy) is 2. The molecule has 1 fully saturated rings. The Balaban J connectivity index is 1.57. The fourth-order valence-electron chi connectivity index (χ4n) is 3.42. The molecule has 2 amide bonds. The second kappa shape index (κ2) is 11.5. The van der Waals surface area contributed by atoms with E-state index in [4.69, 9.17) is 21.1 Å². The highest BCUT2D eigenvalue weighted by Crippen LogP contribution is 2.38. The first-order valence-corrected chi connectivity index (χ1v) is 13.0. The van der Waals surface area contributed by atoms with Crippen molar-refractivity contribution in [2.75, 3.05) is 6.61 Å². The summed E-state index contributed by atoms with van der Waals surface area (Å²) in [7, 11) is 0. The predicted octanol–water partition coefficient (Wildman–Crippen LogP) is 7.30. The highest BCUT2D eigenvalue weighted by molar-refractivity contribution is 14.1. The van der Waals surface area contributed by atoms with Gasteiger partial charge in [-0.3, -0.25) is 14.5 Å². The van der Waals surface area contributed by atoms with E-state index in [1.165, 1.54) is 6.07 Å². The molecule has 0 aromatic heterocycles. The van der Waals surface area contributed by atoms with Gasteiger partial charge in [0.25, 0.3) is 11.1 Å². The summed E-state index contributed by atoms with van der Waals surface area (Å²) >= 11 is 9.21. The molecule has 1 aliphatic heterocycles. The molecular weight excluding hydrogens is 604 g/mol. The van der Waals surface area contributed by atoms with Crippen molar-refractivity contribution in [3.8, 4) is 11.5 Å². The van der Waals surface area contributed by atoms with E-state index in [0.29, 0.717) is 28.7 Å². The first kappa shape index (κ1) is 25.5. The summed E-state index contributed by atoms with van der Waals surface area (Å²) in [6, 6.07) is 17.1. The highest BCUT2D eigenvalue weighted by Gasteiger charge is 2.35. The van der Waals surface area contributed by atoms with Crippen LogP contribution in [0.3, 0.4) is 0 Å². The van der Waals surface area contributed by atoms with Crippen LogP contribution in [0.15, 0.2) is 65.6 Å². The summed E-state index contributed by atoms with van der Waals surface area (Å²) in [6.45, 7) is 2.43. The lowest BCUT2D eigenvalue weighted by atomic mass is 10.1. The maximum absolute atomic E-state index is 14.0. The molecule has 0 atom stereocenters. The average Bonchev–Trinajstić information content (AvgIpc) is 3.08. The largest absolute Gasteiger partial charge is 0.490 e. The van der Waals surface area contributed by atoms with Crippen molar-refractivity contribution in [1.29, 1.82) is 0 Å². The van der Waals surface area contributed by atoms with Crippen LogP contribution in [-0.2, 0) is 17.9 Å². The smallest absolute Gasteiger partial charge is 0.293 e. The van der Waals surface area contributed by atoms with Crippen LogP contribution < -0.4 is 9.47 Å². The Hall–Kier alpha value is -2.56. The maximum atomic E-state index is 14.0. The van der Waals surface area contributed by atoms with E-state index in [9.17, 15) is 14.0 Å². The number of benzene rings is 3. The zero-order chi connectivity index (χ0) is 24.9. The van der Waals surface area contributed by atoms with E-state index in [1.807, 2.05) is 31.2 Å². The van der Waals surface area contributed by atoms with Gasteiger partial charge in [0, 0.05) is 16.1 Å². The van der Waals surface area contributed by atoms with Crippen molar-refractivity contribution in [2.45, 2.75) is 20.1 Å². The minimum Gasteiger partial charge on any atom is -0.490 e. The van der Waals surface area contributed by atoms with Crippen LogP contribution in [0.25, 0.3) is 6.08 Å². The molecule has 35 heavy (non-hydrogen) atoms. The predicted molar refractivity (Wildman–Crippen MR) is 144 cm³/mol. The van der Waals surface area contributed by atoms with Crippen molar-refractivity contribution in [3.05, 3.63) is 96.7 Å². The van der Waals surface area contributed by atoms with Gasteiger partial charge in [0.15, 0.2) is 11.5 Å². The van der Waals surface area contributed by atoms with Crippen molar-refractivity contribution in [2.24, 2.45) is 0 Å². The number of carbonyl (C=O) groups excluding carboxylic acids is 2. The van der Waals surface area contributed by atoms with E-state index >= 15 is 0 Å². The fraction of sp³-hybridized carbons (Fsp3) is 0.154. The van der Waals surface area contributed by atoms with Gasteiger partial charge in [-0.25, -0.2) is 4.39 Å². The number of hydrogen-bond acceptors (Lipinski definition) is 5. The van der Waals surface area contributed by atoms with Gasteiger partial charge in [0.2, 0.25) is 0 Å². The van der Waals surface area contributed by atoms with E-state index in [2.05, 4.69) is 22.6 Å². The van der Waals surface area contributed by atoms with E-state index < -0.39 is 17.0 Å². The quantitative estimate of drug-likeness (QED) is 0.195. The van der Waals surface area contributed by atoms with Gasteiger partial charge in [-0.15, -0.1) is 0 Å². The Morgan fingerprint density at radius 1 is 1.06 bits per heavy atom. The first-order valence-electron chi connectivity index (χ1n) is 10.7. The van der Waals surface area contributed by atoms with Gasteiger partial charge in [-0.1, -0.05) is 48.0 Å². The Labute approximate surface area is 225 Å². The second-order valence-electron chi connectivity index (χ2n) is 7.50. The van der Waals surface area contributed by atoms with Gasteiger partial charge in [-0.2, -0.15) is 0 Å². The first-order chi connectivity index (χ1) is 16.9. The lowest BCUT2D eigenvalue weighted by Gasteiger charge is -2.15. The zero-order valence-electron chi connectivity index (χ0n) is 18.6. The monoisotopic (exact) mass is 623 g/mol. The zero-order valence-corrected chi connectivity index (χ0v) is 22.3. The molecule has 0 aliphatic carbocycles. The van der Waals surface area contributed by atoms with Crippen LogP contribution in [0.5, 0.6) is 11.5 Å². The lowest BCUT2D eigenvalue weighted by Crippen LogP contribution is -2.27. The molecule has 0 spiro atoms. The normalized spacial score (nSPS) is 14.6. The third-order valence-corrected chi connectivity index (χ3v) is 7.20. The van der Waals surface area contributed by atoms with Gasteiger partial charge in [0.05, 0.1) is 21.6 Å². The van der Waals surface area contributed by atoms with Crippen molar-refractivity contribution >= 4 is 63.2 Å². The molecule has 3 aromatic rings. The van der Waals surface area contributed by atoms with Crippen LogP contribution in [0.4, 0.5) is 9.18 Å². The molecule has 5 nitrogen and oxygen atoms in total. The number of imide groups is 1. The topological polar surface area (TPSA) is 55.8 Å². The summed E-state index contributed by atoms with van der Waals surface area (Å²) in [4.78, 5) is 26.7. The van der Waals surface area contributed by atoms with Gasteiger partial charge >= 0.3 is 0 Å². The number of amides is 2. The van der Waals surface area contributed by atoms with E-state index in [0.717, 1.165) is 25.8 Å². The van der Waals surface area contributed by atoms with Crippen LogP contribution in [0, 0.1) is 9.39 Å². The average molecular weight is 624 g/mol.